The zero-order valence-electron chi connectivity index (χ0n) is 9.62. The van der Waals surface area contributed by atoms with Gasteiger partial charge in [-0.25, -0.2) is 0 Å². The second-order valence-corrected chi connectivity index (χ2v) is 4.27. The molecule has 3 nitrogen and oxygen atoms in total. The minimum Gasteiger partial charge on any atom is -0.395 e. The Morgan fingerprint density at radius 1 is 1.36 bits per heavy atom. The maximum atomic E-state index is 8.81. The average molecular weight is 201 g/mol. The van der Waals surface area contributed by atoms with Gasteiger partial charge in [-0.05, 0) is 20.8 Å². The number of aliphatic hydroxyl groups excluding tert-OH is 1. The van der Waals surface area contributed by atoms with E-state index in [1.165, 1.54) is 0 Å². The van der Waals surface area contributed by atoms with Gasteiger partial charge in [-0.2, -0.15) is 0 Å². The third-order valence-electron chi connectivity index (χ3n) is 1.75. The smallest absolute Gasteiger partial charge is 0.0600 e. The summed E-state index contributed by atoms with van der Waals surface area (Å²) < 4.78 is 5.59. The standard InChI is InChI=1S/C11H23NO2/c1-5-6-12(7-9-13)8-10-14-11(2,3)4/h5,13H,1,6-10H2,2-4H3. The topological polar surface area (TPSA) is 32.7 Å². The maximum absolute atomic E-state index is 8.81. The Labute approximate surface area is 87.4 Å². The number of nitrogens with zero attached hydrogens (tertiary/aromatic N) is 1. The van der Waals surface area contributed by atoms with Crippen LogP contribution in [0.5, 0.6) is 0 Å². The van der Waals surface area contributed by atoms with Gasteiger partial charge in [-0.15, -0.1) is 6.58 Å². The molecule has 0 spiro atoms. The summed E-state index contributed by atoms with van der Waals surface area (Å²) in [6.07, 6.45) is 1.84. The van der Waals surface area contributed by atoms with E-state index in [-0.39, 0.29) is 12.2 Å². The van der Waals surface area contributed by atoms with E-state index in [2.05, 4.69) is 11.5 Å². The minimum atomic E-state index is -0.0843. The molecule has 0 saturated carbocycles. The quantitative estimate of drug-likeness (QED) is 0.630. The first-order chi connectivity index (χ1) is 6.49. The van der Waals surface area contributed by atoms with Crippen LogP contribution in [0.25, 0.3) is 0 Å². The van der Waals surface area contributed by atoms with E-state index in [0.29, 0.717) is 13.2 Å². The van der Waals surface area contributed by atoms with Crippen molar-refractivity contribution in [3.05, 3.63) is 12.7 Å². The highest BCUT2D eigenvalue weighted by molar-refractivity contribution is 4.73. The zero-order chi connectivity index (χ0) is 11.0. The molecule has 0 aliphatic carbocycles. The van der Waals surface area contributed by atoms with Crippen LogP contribution in [0.3, 0.4) is 0 Å². The Balaban J connectivity index is 3.65. The Kier molecular flexibility index (Phi) is 6.79. The van der Waals surface area contributed by atoms with Gasteiger partial charge >= 0.3 is 0 Å². The van der Waals surface area contributed by atoms with Crippen LogP contribution in [0.2, 0.25) is 0 Å². The summed E-state index contributed by atoms with van der Waals surface area (Å²) >= 11 is 0. The first-order valence-electron chi connectivity index (χ1n) is 5.07. The van der Waals surface area contributed by atoms with E-state index in [4.69, 9.17) is 9.84 Å². The predicted octanol–water partition coefficient (Wildman–Crippen LogP) is 1.28. The Hall–Kier alpha value is -0.380. The first kappa shape index (κ1) is 13.6. The molecular weight excluding hydrogens is 178 g/mol. The van der Waals surface area contributed by atoms with Crippen molar-refractivity contribution in [3.63, 3.8) is 0 Å². The normalized spacial score (nSPS) is 12.1. The Morgan fingerprint density at radius 2 is 2.00 bits per heavy atom. The molecule has 3 heteroatoms. The first-order valence-corrected chi connectivity index (χ1v) is 5.07. The molecule has 14 heavy (non-hydrogen) atoms. The molecule has 0 heterocycles. The van der Waals surface area contributed by atoms with E-state index >= 15 is 0 Å². The van der Waals surface area contributed by atoms with Crippen molar-refractivity contribution in [3.8, 4) is 0 Å². The summed E-state index contributed by atoms with van der Waals surface area (Å²) in [6, 6.07) is 0. The molecular formula is C11H23NO2. The Bertz CT molecular complexity index is 152. The lowest BCUT2D eigenvalue weighted by molar-refractivity contribution is -0.0131. The van der Waals surface area contributed by atoms with E-state index in [0.717, 1.165) is 13.1 Å². The fourth-order valence-corrected chi connectivity index (χ4v) is 1.10. The van der Waals surface area contributed by atoms with E-state index in [9.17, 15) is 0 Å². The van der Waals surface area contributed by atoms with Gasteiger partial charge in [0.1, 0.15) is 0 Å². The predicted molar refractivity (Wildman–Crippen MR) is 59.4 cm³/mol. The summed E-state index contributed by atoms with van der Waals surface area (Å²) in [5.74, 6) is 0. The zero-order valence-corrected chi connectivity index (χ0v) is 9.62. The summed E-state index contributed by atoms with van der Waals surface area (Å²) in [5, 5.41) is 8.81. The highest BCUT2D eigenvalue weighted by Crippen LogP contribution is 2.06. The lowest BCUT2D eigenvalue weighted by Crippen LogP contribution is -2.33. The van der Waals surface area contributed by atoms with Crippen LogP contribution in [-0.4, -0.2) is 48.5 Å². The van der Waals surface area contributed by atoms with Gasteiger partial charge < -0.3 is 9.84 Å². The molecule has 0 atom stereocenters. The minimum absolute atomic E-state index is 0.0843. The average Bonchev–Trinajstić information content (AvgIpc) is 2.02. The maximum Gasteiger partial charge on any atom is 0.0600 e. The van der Waals surface area contributed by atoms with Gasteiger partial charge in [0.15, 0.2) is 0 Å². The molecule has 1 N–H and O–H groups in total. The van der Waals surface area contributed by atoms with E-state index < -0.39 is 0 Å². The highest BCUT2D eigenvalue weighted by Gasteiger charge is 2.10. The van der Waals surface area contributed by atoms with Crippen LogP contribution in [0.15, 0.2) is 12.7 Å². The molecule has 0 aliphatic heterocycles. The van der Waals surface area contributed by atoms with Crippen molar-refractivity contribution in [1.82, 2.24) is 4.90 Å². The fraction of sp³-hybridized carbons (Fsp3) is 0.818. The summed E-state index contributed by atoms with van der Waals surface area (Å²) in [7, 11) is 0. The lowest BCUT2D eigenvalue weighted by Gasteiger charge is -2.24. The largest absolute Gasteiger partial charge is 0.395 e. The number of hydrogen-bond donors (Lipinski definition) is 1. The molecule has 0 amide bonds. The van der Waals surface area contributed by atoms with Gasteiger partial charge in [-0.3, -0.25) is 4.90 Å². The molecule has 0 aromatic carbocycles. The van der Waals surface area contributed by atoms with Gasteiger partial charge in [0, 0.05) is 19.6 Å². The van der Waals surface area contributed by atoms with Crippen LogP contribution in [-0.2, 0) is 4.74 Å². The van der Waals surface area contributed by atoms with E-state index in [1.807, 2.05) is 26.8 Å². The molecule has 0 aliphatic rings. The van der Waals surface area contributed by atoms with Gasteiger partial charge in [0.05, 0.1) is 18.8 Å². The Morgan fingerprint density at radius 3 is 2.43 bits per heavy atom. The van der Waals surface area contributed by atoms with Crippen LogP contribution in [0.1, 0.15) is 20.8 Å². The molecule has 0 saturated heterocycles. The number of rotatable bonds is 7. The van der Waals surface area contributed by atoms with E-state index in [1.54, 1.807) is 0 Å². The summed E-state index contributed by atoms with van der Waals surface area (Å²) in [6.45, 7) is 13.0. The number of hydrogen-bond acceptors (Lipinski definition) is 3. The molecule has 0 rings (SSSR count). The molecule has 0 aromatic rings. The number of aliphatic hydroxyl groups is 1. The molecule has 0 bridgehead atoms. The van der Waals surface area contributed by atoms with Crippen LogP contribution < -0.4 is 0 Å². The molecule has 84 valence electrons. The highest BCUT2D eigenvalue weighted by atomic mass is 16.5. The van der Waals surface area contributed by atoms with Gasteiger partial charge in [0.25, 0.3) is 0 Å². The molecule has 0 radical (unpaired) electrons. The van der Waals surface area contributed by atoms with Crippen molar-refractivity contribution in [2.24, 2.45) is 0 Å². The fourth-order valence-electron chi connectivity index (χ4n) is 1.10. The van der Waals surface area contributed by atoms with Crippen LogP contribution >= 0.6 is 0 Å². The second kappa shape index (κ2) is 6.98. The monoisotopic (exact) mass is 201 g/mol. The number of ether oxygens (including phenoxy) is 1. The van der Waals surface area contributed by atoms with Crippen molar-refractivity contribution in [2.45, 2.75) is 26.4 Å². The molecule has 0 unspecified atom stereocenters. The van der Waals surface area contributed by atoms with Crippen molar-refractivity contribution >= 4 is 0 Å². The van der Waals surface area contributed by atoms with Crippen molar-refractivity contribution < 1.29 is 9.84 Å². The van der Waals surface area contributed by atoms with Gasteiger partial charge in [-0.1, -0.05) is 6.08 Å². The summed E-state index contributed by atoms with van der Waals surface area (Å²) in [4.78, 5) is 2.11. The van der Waals surface area contributed by atoms with Gasteiger partial charge in [0.2, 0.25) is 0 Å². The second-order valence-electron chi connectivity index (χ2n) is 4.27. The molecule has 0 fully saturated rings. The lowest BCUT2D eigenvalue weighted by atomic mass is 10.2. The third kappa shape index (κ3) is 8.23. The van der Waals surface area contributed by atoms with Crippen LogP contribution in [0, 0.1) is 0 Å². The van der Waals surface area contributed by atoms with Crippen molar-refractivity contribution in [1.29, 1.82) is 0 Å². The summed E-state index contributed by atoms with van der Waals surface area (Å²) in [5.41, 5.74) is -0.0843. The van der Waals surface area contributed by atoms with Crippen LogP contribution in [0.4, 0.5) is 0 Å². The SMILES string of the molecule is C=CCN(CCO)CCOC(C)(C)C. The van der Waals surface area contributed by atoms with Crippen molar-refractivity contribution in [2.75, 3.05) is 32.8 Å². The third-order valence-corrected chi connectivity index (χ3v) is 1.75. The molecule has 0 aromatic heterocycles.